The van der Waals surface area contributed by atoms with Gasteiger partial charge in [0.05, 0.1) is 0 Å². The number of hydrogen-bond acceptors (Lipinski definition) is 3. The van der Waals surface area contributed by atoms with Gasteiger partial charge in [0.2, 0.25) is 0 Å². The van der Waals surface area contributed by atoms with Gasteiger partial charge in [-0.15, -0.1) is 10.2 Å². The van der Waals surface area contributed by atoms with Crippen molar-refractivity contribution in [2.45, 2.75) is 13.8 Å². The maximum atomic E-state index is 5.96. The molecule has 0 amide bonds. The molecule has 3 rings (SSSR count). The van der Waals surface area contributed by atoms with E-state index >= 15 is 0 Å². The molecule has 0 spiro atoms. The zero-order chi connectivity index (χ0) is 13.6. The maximum absolute atomic E-state index is 5.96. The second-order valence-electron chi connectivity index (χ2n) is 4.38. The third-order valence-electron chi connectivity index (χ3n) is 3.18. The van der Waals surface area contributed by atoms with Crippen molar-refractivity contribution in [3.05, 3.63) is 45.6 Å². The van der Waals surface area contributed by atoms with Crippen LogP contribution >= 0.6 is 23.2 Å². The number of rotatable bonds is 1. The fourth-order valence-corrected chi connectivity index (χ4v) is 2.30. The van der Waals surface area contributed by atoms with Crippen LogP contribution in [0.3, 0.4) is 0 Å². The monoisotopic (exact) mass is 292 g/mol. The van der Waals surface area contributed by atoms with E-state index in [0.717, 1.165) is 22.1 Å². The molecule has 2 heterocycles. The minimum absolute atomic E-state index is 0.417. The van der Waals surface area contributed by atoms with Gasteiger partial charge >= 0.3 is 0 Å². The number of halogens is 2. The fraction of sp³-hybridized carbons (Fsp3) is 0.143. The lowest BCUT2D eigenvalue weighted by molar-refractivity contribution is 0.626. The molecule has 0 radical (unpaired) electrons. The van der Waals surface area contributed by atoms with Crippen LogP contribution in [0.15, 0.2) is 28.7 Å². The zero-order valence-corrected chi connectivity index (χ0v) is 11.9. The van der Waals surface area contributed by atoms with Crippen molar-refractivity contribution in [1.82, 2.24) is 10.2 Å². The van der Waals surface area contributed by atoms with Crippen LogP contribution in [0, 0.1) is 13.8 Å². The summed E-state index contributed by atoms with van der Waals surface area (Å²) in [6, 6.07) is 7.40. The van der Waals surface area contributed by atoms with E-state index in [0.29, 0.717) is 21.6 Å². The molecule has 0 aliphatic rings. The highest BCUT2D eigenvalue weighted by Gasteiger charge is 2.14. The van der Waals surface area contributed by atoms with Gasteiger partial charge in [-0.1, -0.05) is 23.2 Å². The number of hydrogen-bond donors (Lipinski definition) is 0. The Bertz CT molecular complexity index is 780. The lowest BCUT2D eigenvalue weighted by Crippen LogP contribution is -1.95. The molecular weight excluding hydrogens is 283 g/mol. The largest absolute Gasteiger partial charge is 0.454 e. The van der Waals surface area contributed by atoms with Gasteiger partial charge in [-0.25, -0.2) is 0 Å². The van der Waals surface area contributed by atoms with Crippen LogP contribution in [0.2, 0.25) is 10.2 Å². The summed E-state index contributed by atoms with van der Waals surface area (Å²) in [5, 5.41) is 10.1. The van der Waals surface area contributed by atoms with Gasteiger partial charge in [0, 0.05) is 10.4 Å². The molecule has 1 aromatic carbocycles. The number of aromatic nitrogens is 2. The molecule has 0 unspecified atom stereocenters. The molecule has 5 heteroatoms. The third-order valence-corrected chi connectivity index (χ3v) is 3.77. The first kappa shape index (κ1) is 12.5. The van der Waals surface area contributed by atoms with Gasteiger partial charge in [-0.3, -0.25) is 0 Å². The summed E-state index contributed by atoms with van der Waals surface area (Å²) in [4.78, 5) is 0. The summed E-state index contributed by atoms with van der Waals surface area (Å²) in [6.07, 6.45) is 0. The molecule has 0 atom stereocenters. The lowest BCUT2D eigenvalue weighted by Gasteiger charge is -2.04. The Labute approximate surface area is 120 Å². The fourth-order valence-electron chi connectivity index (χ4n) is 1.94. The standard InChI is InChI=1S/C14H10Cl2N2O/c1-7-8(2)14(16)18-17-13(7)12-6-9-5-10(15)3-4-11(9)19-12/h3-6H,1-2H3. The van der Waals surface area contributed by atoms with Crippen molar-refractivity contribution in [1.29, 1.82) is 0 Å². The Morgan fingerprint density at radius 1 is 1.00 bits per heavy atom. The van der Waals surface area contributed by atoms with Gasteiger partial charge in [0.15, 0.2) is 10.9 Å². The average Bonchev–Trinajstić information content (AvgIpc) is 2.78. The molecule has 0 saturated carbocycles. The summed E-state index contributed by atoms with van der Waals surface area (Å²) >= 11 is 11.9. The predicted octanol–water partition coefficient (Wildman–Crippen LogP) is 4.81. The Kier molecular flexibility index (Phi) is 2.96. The van der Waals surface area contributed by atoms with E-state index in [2.05, 4.69) is 10.2 Å². The van der Waals surface area contributed by atoms with E-state index in [1.807, 2.05) is 32.0 Å². The van der Waals surface area contributed by atoms with Crippen LogP contribution in [-0.4, -0.2) is 10.2 Å². The van der Waals surface area contributed by atoms with Gasteiger partial charge in [-0.2, -0.15) is 0 Å². The molecule has 3 nitrogen and oxygen atoms in total. The normalized spacial score (nSPS) is 11.2. The second-order valence-corrected chi connectivity index (χ2v) is 5.18. The molecule has 2 aromatic heterocycles. The first-order chi connectivity index (χ1) is 9.06. The first-order valence-corrected chi connectivity index (χ1v) is 6.50. The summed E-state index contributed by atoms with van der Waals surface area (Å²) in [5.41, 5.74) is 3.35. The summed E-state index contributed by atoms with van der Waals surface area (Å²) in [7, 11) is 0. The van der Waals surface area contributed by atoms with Crippen molar-refractivity contribution in [3.63, 3.8) is 0 Å². The number of benzene rings is 1. The van der Waals surface area contributed by atoms with Crippen LogP contribution in [0.25, 0.3) is 22.4 Å². The SMILES string of the molecule is Cc1c(Cl)nnc(-c2cc3cc(Cl)ccc3o2)c1C. The summed E-state index contributed by atoms with van der Waals surface area (Å²) in [6.45, 7) is 3.86. The molecule has 0 aliphatic carbocycles. The van der Waals surface area contributed by atoms with Crippen molar-refractivity contribution in [3.8, 4) is 11.5 Å². The van der Waals surface area contributed by atoms with E-state index < -0.39 is 0 Å². The minimum atomic E-state index is 0.417. The third kappa shape index (κ3) is 2.09. The van der Waals surface area contributed by atoms with Gasteiger partial charge in [0.1, 0.15) is 11.3 Å². The van der Waals surface area contributed by atoms with Crippen LogP contribution in [0.4, 0.5) is 0 Å². The van der Waals surface area contributed by atoms with Gasteiger partial charge < -0.3 is 4.42 Å². The van der Waals surface area contributed by atoms with E-state index in [1.165, 1.54) is 0 Å². The minimum Gasteiger partial charge on any atom is -0.454 e. The topological polar surface area (TPSA) is 38.9 Å². The molecule has 0 saturated heterocycles. The zero-order valence-electron chi connectivity index (χ0n) is 10.4. The molecule has 19 heavy (non-hydrogen) atoms. The highest BCUT2D eigenvalue weighted by Crippen LogP contribution is 2.31. The summed E-state index contributed by atoms with van der Waals surface area (Å²) < 4.78 is 5.78. The number of furan rings is 1. The van der Waals surface area contributed by atoms with E-state index in [-0.39, 0.29) is 0 Å². The molecule has 0 bridgehead atoms. The average molecular weight is 293 g/mol. The Morgan fingerprint density at radius 3 is 2.58 bits per heavy atom. The van der Waals surface area contributed by atoms with Gasteiger partial charge in [0.25, 0.3) is 0 Å². The first-order valence-electron chi connectivity index (χ1n) is 5.75. The van der Waals surface area contributed by atoms with Crippen molar-refractivity contribution < 1.29 is 4.42 Å². The Balaban J connectivity index is 2.22. The van der Waals surface area contributed by atoms with Crippen LogP contribution in [0.5, 0.6) is 0 Å². The Hall–Kier alpha value is -1.58. The molecule has 96 valence electrons. The summed E-state index contributed by atoms with van der Waals surface area (Å²) in [5.74, 6) is 0.669. The molecule has 3 aromatic rings. The van der Waals surface area contributed by atoms with Crippen molar-refractivity contribution in [2.75, 3.05) is 0 Å². The smallest absolute Gasteiger partial charge is 0.155 e. The number of nitrogens with zero attached hydrogens (tertiary/aromatic N) is 2. The molecular formula is C14H10Cl2N2O. The van der Waals surface area contributed by atoms with Crippen LogP contribution in [0.1, 0.15) is 11.1 Å². The second kappa shape index (κ2) is 4.51. The van der Waals surface area contributed by atoms with Crippen molar-refractivity contribution in [2.24, 2.45) is 0 Å². The van der Waals surface area contributed by atoms with Crippen LogP contribution in [-0.2, 0) is 0 Å². The maximum Gasteiger partial charge on any atom is 0.155 e. The Morgan fingerprint density at radius 2 is 1.79 bits per heavy atom. The predicted molar refractivity (Wildman–Crippen MR) is 76.7 cm³/mol. The lowest BCUT2D eigenvalue weighted by atomic mass is 10.1. The molecule has 0 aliphatic heterocycles. The van der Waals surface area contributed by atoms with E-state index in [9.17, 15) is 0 Å². The van der Waals surface area contributed by atoms with E-state index in [4.69, 9.17) is 27.6 Å². The van der Waals surface area contributed by atoms with Gasteiger partial charge in [-0.05, 0) is 49.2 Å². The quantitative estimate of drug-likeness (QED) is 0.646. The highest BCUT2D eigenvalue weighted by molar-refractivity contribution is 6.31. The van der Waals surface area contributed by atoms with Crippen LogP contribution < -0.4 is 0 Å². The number of fused-ring (bicyclic) bond motifs is 1. The van der Waals surface area contributed by atoms with Crippen molar-refractivity contribution >= 4 is 34.2 Å². The molecule has 0 N–H and O–H groups in total. The molecule has 0 fully saturated rings. The van der Waals surface area contributed by atoms with E-state index in [1.54, 1.807) is 6.07 Å². The highest BCUT2D eigenvalue weighted by atomic mass is 35.5.